The molecule has 8 nitrogen and oxygen atoms in total. The zero-order chi connectivity index (χ0) is 18.5. The number of nitrogen functional groups attached to an aromatic ring is 1. The van der Waals surface area contributed by atoms with Crippen LogP contribution in [0.5, 0.6) is 5.75 Å². The number of hydrogen-bond acceptors (Lipinski definition) is 7. The molecule has 9 heteroatoms. The van der Waals surface area contributed by atoms with Crippen LogP contribution in [-0.4, -0.2) is 38.6 Å². The van der Waals surface area contributed by atoms with Crippen LogP contribution in [0.2, 0.25) is 0 Å². The highest BCUT2D eigenvalue weighted by atomic mass is 32.2. The van der Waals surface area contributed by atoms with Crippen LogP contribution in [0.3, 0.4) is 0 Å². The first-order valence-corrected chi connectivity index (χ1v) is 8.76. The van der Waals surface area contributed by atoms with Gasteiger partial charge in [-0.1, -0.05) is 23.9 Å². The Kier molecular flexibility index (Phi) is 5.37. The lowest BCUT2D eigenvalue weighted by Crippen LogP contribution is -2.17. The molecule has 3 aromatic rings. The van der Waals surface area contributed by atoms with Crippen molar-refractivity contribution in [1.29, 1.82) is 0 Å². The third kappa shape index (κ3) is 3.94. The quantitative estimate of drug-likeness (QED) is 0.505. The molecule has 1 aromatic carbocycles. The third-order valence-electron chi connectivity index (χ3n) is 3.52. The van der Waals surface area contributed by atoms with Crippen LogP contribution in [0.15, 0.2) is 47.8 Å². The van der Waals surface area contributed by atoms with Crippen molar-refractivity contribution in [2.24, 2.45) is 0 Å². The number of ether oxygens (including phenoxy) is 1. The number of amides is 1. The van der Waals surface area contributed by atoms with Crippen LogP contribution in [-0.2, 0) is 4.79 Å². The lowest BCUT2D eigenvalue weighted by atomic mass is 10.2. The molecule has 0 saturated heterocycles. The number of hydrogen-bond donors (Lipinski definition) is 2. The second-order valence-electron chi connectivity index (χ2n) is 5.43. The van der Waals surface area contributed by atoms with Gasteiger partial charge in [0.25, 0.3) is 0 Å². The third-order valence-corrected chi connectivity index (χ3v) is 4.46. The van der Waals surface area contributed by atoms with Crippen LogP contribution in [0.1, 0.15) is 5.56 Å². The number of carbonyl (C=O) groups is 1. The van der Waals surface area contributed by atoms with Gasteiger partial charge in [0.2, 0.25) is 16.9 Å². The number of nitrogens with two attached hydrogens (primary N) is 1. The van der Waals surface area contributed by atoms with Crippen molar-refractivity contribution in [3.8, 4) is 17.3 Å². The van der Waals surface area contributed by atoms with E-state index in [1.165, 1.54) is 16.4 Å². The van der Waals surface area contributed by atoms with Gasteiger partial charge in [-0.2, -0.15) is 0 Å². The minimum Gasteiger partial charge on any atom is -0.495 e. The van der Waals surface area contributed by atoms with Crippen molar-refractivity contribution >= 4 is 23.4 Å². The summed E-state index contributed by atoms with van der Waals surface area (Å²) < 4.78 is 6.59. The summed E-state index contributed by atoms with van der Waals surface area (Å²) in [6, 6.07) is 11.0. The van der Waals surface area contributed by atoms with Crippen LogP contribution in [0, 0.1) is 6.92 Å². The van der Waals surface area contributed by atoms with Gasteiger partial charge in [-0.05, 0) is 36.8 Å². The Morgan fingerprint density at radius 1 is 1.31 bits per heavy atom. The zero-order valence-electron chi connectivity index (χ0n) is 14.3. The van der Waals surface area contributed by atoms with E-state index < -0.39 is 0 Å². The van der Waals surface area contributed by atoms with Gasteiger partial charge in [-0.15, -0.1) is 10.2 Å². The number of methoxy groups -OCH3 is 1. The van der Waals surface area contributed by atoms with Gasteiger partial charge < -0.3 is 15.9 Å². The molecule has 2 heterocycles. The van der Waals surface area contributed by atoms with Crippen LogP contribution in [0.4, 0.5) is 5.69 Å². The molecule has 0 aliphatic rings. The molecule has 0 spiro atoms. The van der Waals surface area contributed by atoms with E-state index in [0.717, 1.165) is 5.56 Å². The van der Waals surface area contributed by atoms with E-state index in [0.29, 0.717) is 28.1 Å². The van der Waals surface area contributed by atoms with Crippen molar-refractivity contribution in [3.05, 3.63) is 48.2 Å². The van der Waals surface area contributed by atoms with Crippen molar-refractivity contribution in [2.75, 3.05) is 24.0 Å². The maximum absolute atomic E-state index is 12.3. The zero-order valence-corrected chi connectivity index (χ0v) is 15.2. The molecule has 0 bridgehead atoms. The van der Waals surface area contributed by atoms with Gasteiger partial charge in [0.15, 0.2) is 0 Å². The Bertz CT molecular complexity index is 913. The molecule has 0 fully saturated rings. The summed E-state index contributed by atoms with van der Waals surface area (Å²) in [6.07, 6.45) is 1.65. The first kappa shape index (κ1) is 17.7. The average molecular weight is 370 g/mol. The minimum atomic E-state index is -0.193. The largest absolute Gasteiger partial charge is 0.495 e. The molecule has 0 atom stereocenters. The number of nitrogens with one attached hydrogen (secondary N) is 1. The maximum Gasteiger partial charge on any atom is 0.234 e. The number of anilines is 1. The predicted octanol–water partition coefficient (Wildman–Crippen LogP) is 2.10. The van der Waals surface area contributed by atoms with E-state index in [9.17, 15) is 4.79 Å². The van der Waals surface area contributed by atoms with E-state index >= 15 is 0 Å². The molecule has 0 saturated carbocycles. The Morgan fingerprint density at radius 3 is 2.88 bits per heavy atom. The van der Waals surface area contributed by atoms with E-state index in [4.69, 9.17) is 10.6 Å². The molecule has 134 valence electrons. The summed E-state index contributed by atoms with van der Waals surface area (Å²) in [7, 11) is 1.56. The smallest absolute Gasteiger partial charge is 0.234 e. The highest BCUT2D eigenvalue weighted by Gasteiger charge is 2.15. The van der Waals surface area contributed by atoms with E-state index in [1.54, 1.807) is 25.4 Å². The second-order valence-corrected chi connectivity index (χ2v) is 6.37. The Hall–Kier alpha value is -3.07. The molecule has 3 rings (SSSR count). The monoisotopic (exact) mass is 370 g/mol. The highest BCUT2D eigenvalue weighted by molar-refractivity contribution is 7.99. The van der Waals surface area contributed by atoms with Gasteiger partial charge in [0.1, 0.15) is 11.4 Å². The molecular formula is C17H18N6O2S. The van der Waals surface area contributed by atoms with Gasteiger partial charge in [-0.25, -0.2) is 4.68 Å². The summed E-state index contributed by atoms with van der Waals surface area (Å²) in [5, 5.41) is 11.3. The SMILES string of the molecule is COc1ccc(C)cc1NC(=O)CSc1nnc(-c2ccccn2)n1N. The summed E-state index contributed by atoms with van der Waals surface area (Å²) in [5.74, 6) is 7.00. The Morgan fingerprint density at radius 2 is 2.15 bits per heavy atom. The fourth-order valence-corrected chi connectivity index (χ4v) is 2.94. The number of carbonyl (C=O) groups excluding carboxylic acids is 1. The van der Waals surface area contributed by atoms with Crippen LogP contribution >= 0.6 is 11.8 Å². The normalized spacial score (nSPS) is 10.5. The predicted molar refractivity (Wildman–Crippen MR) is 100 cm³/mol. The van der Waals surface area contributed by atoms with Crippen molar-refractivity contribution in [3.63, 3.8) is 0 Å². The fourth-order valence-electron chi connectivity index (χ4n) is 2.28. The number of aryl methyl sites for hydroxylation is 1. The number of pyridine rings is 1. The Labute approximate surface area is 154 Å². The lowest BCUT2D eigenvalue weighted by molar-refractivity contribution is -0.113. The molecule has 26 heavy (non-hydrogen) atoms. The molecule has 0 aliphatic carbocycles. The lowest BCUT2D eigenvalue weighted by Gasteiger charge is -2.10. The van der Waals surface area contributed by atoms with Crippen molar-refractivity contribution in [2.45, 2.75) is 12.1 Å². The van der Waals surface area contributed by atoms with Crippen LogP contribution < -0.4 is 15.9 Å². The maximum atomic E-state index is 12.3. The number of benzene rings is 1. The molecular weight excluding hydrogens is 352 g/mol. The number of aromatic nitrogens is 4. The molecule has 0 aliphatic heterocycles. The number of nitrogens with zero attached hydrogens (tertiary/aromatic N) is 4. The van der Waals surface area contributed by atoms with Gasteiger partial charge in [0, 0.05) is 6.20 Å². The topological polar surface area (TPSA) is 108 Å². The number of thioether (sulfide) groups is 1. The standard InChI is InChI=1S/C17H18N6O2S/c1-11-6-7-14(25-2)13(9-11)20-15(24)10-26-17-22-21-16(23(17)18)12-5-3-4-8-19-12/h3-9H,10,18H2,1-2H3,(H,20,24). The van der Waals surface area contributed by atoms with Gasteiger partial charge in [-0.3, -0.25) is 9.78 Å². The summed E-state index contributed by atoms with van der Waals surface area (Å²) in [4.78, 5) is 16.5. The average Bonchev–Trinajstić information content (AvgIpc) is 3.01. The first-order valence-electron chi connectivity index (χ1n) is 7.77. The summed E-state index contributed by atoms with van der Waals surface area (Å²) in [6.45, 7) is 1.94. The molecule has 0 radical (unpaired) electrons. The minimum absolute atomic E-state index is 0.134. The second kappa shape index (κ2) is 7.87. The summed E-state index contributed by atoms with van der Waals surface area (Å²) in [5.41, 5.74) is 2.26. The van der Waals surface area contributed by atoms with Crippen molar-refractivity contribution < 1.29 is 9.53 Å². The van der Waals surface area contributed by atoms with Crippen LogP contribution in [0.25, 0.3) is 11.5 Å². The first-order chi connectivity index (χ1) is 12.6. The molecule has 1 amide bonds. The van der Waals surface area contributed by atoms with E-state index in [1.807, 2.05) is 31.2 Å². The van der Waals surface area contributed by atoms with Gasteiger partial charge >= 0.3 is 0 Å². The highest BCUT2D eigenvalue weighted by Crippen LogP contribution is 2.26. The fraction of sp³-hybridized carbons (Fsp3) is 0.176. The molecule has 2 aromatic heterocycles. The molecule has 0 unspecified atom stereocenters. The van der Waals surface area contributed by atoms with E-state index in [2.05, 4.69) is 20.5 Å². The summed E-state index contributed by atoms with van der Waals surface area (Å²) >= 11 is 1.19. The van der Waals surface area contributed by atoms with Crippen molar-refractivity contribution in [1.82, 2.24) is 19.9 Å². The van der Waals surface area contributed by atoms with E-state index in [-0.39, 0.29) is 11.7 Å². The number of rotatable bonds is 6. The molecule has 3 N–H and O–H groups in total. The Balaban J connectivity index is 1.66. The van der Waals surface area contributed by atoms with Gasteiger partial charge in [0.05, 0.1) is 18.6 Å².